The van der Waals surface area contributed by atoms with Crippen LogP contribution in [0.3, 0.4) is 0 Å². The van der Waals surface area contributed by atoms with Gasteiger partial charge < -0.3 is 10.2 Å². The number of hydrogen-bond donors (Lipinski definition) is 1. The van der Waals surface area contributed by atoms with E-state index in [1.54, 1.807) is 54.6 Å². The van der Waals surface area contributed by atoms with E-state index in [-0.39, 0.29) is 18.5 Å². The zero-order valence-corrected chi connectivity index (χ0v) is 22.5. The van der Waals surface area contributed by atoms with Gasteiger partial charge in [0.1, 0.15) is 12.6 Å². The summed E-state index contributed by atoms with van der Waals surface area (Å²) in [5, 5.41) is 3.41. The molecule has 2 rings (SSSR count). The van der Waals surface area contributed by atoms with Crippen LogP contribution in [0.25, 0.3) is 0 Å². The van der Waals surface area contributed by atoms with E-state index in [9.17, 15) is 18.0 Å². The molecule has 2 atom stereocenters. The molecule has 0 unspecified atom stereocenters. The second-order valence-corrected chi connectivity index (χ2v) is 11.0. The number of benzene rings is 2. The summed E-state index contributed by atoms with van der Waals surface area (Å²) in [6.45, 7) is 5.27. The quantitative estimate of drug-likeness (QED) is 0.460. The highest BCUT2D eigenvalue weighted by Gasteiger charge is 2.34. The summed E-state index contributed by atoms with van der Waals surface area (Å²) in [7, 11) is -1.17. The van der Waals surface area contributed by atoms with Gasteiger partial charge in [-0.3, -0.25) is 9.59 Å². The van der Waals surface area contributed by atoms with Gasteiger partial charge in [0.25, 0.3) is 0 Å². The van der Waals surface area contributed by atoms with Crippen molar-refractivity contribution in [1.82, 2.24) is 14.5 Å². The van der Waals surface area contributed by atoms with Gasteiger partial charge in [-0.25, -0.2) is 4.31 Å². The predicted molar refractivity (Wildman–Crippen MR) is 140 cm³/mol. The Morgan fingerprint density at radius 2 is 1.57 bits per heavy atom. The number of nitrogens with zero attached hydrogens (tertiary/aromatic N) is 3. The summed E-state index contributed by atoms with van der Waals surface area (Å²) in [5.74, 6) is -0.797. The van der Waals surface area contributed by atoms with Crippen LogP contribution in [0, 0.1) is 0 Å². The zero-order valence-electron chi connectivity index (χ0n) is 20.9. The van der Waals surface area contributed by atoms with Crippen LogP contribution in [0.2, 0.25) is 5.02 Å². The molecule has 8 nitrogen and oxygen atoms in total. The summed E-state index contributed by atoms with van der Waals surface area (Å²) in [5.41, 5.74) is 1.02. The molecule has 0 aliphatic rings. The minimum Gasteiger partial charge on any atom is -0.352 e. The van der Waals surface area contributed by atoms with Crippen molar-refractivity contribution in [2.75, 3.05) is 24.9 Å². The van der Waals surface area contributed by atoms with Gasteiger partial charge in [-0.05, 0) is 43.5 Å². The molecule has 2 aromatic carbocycles. The lowest BCUT2D eigenvalue weighted by atomic mass is 10.1. The van der Waals surface area contributed by atoms with E-state index >= 15 is 0 Å². The zero-order chi connectivity index (χ0) is 26.2. The number of amides is 2. The standard InChI is InChI=1S/C25H35ClN4O4S/c1-6-19(3)27-25(32)23(7-2)29(17-20-13-11-12-16-22(20)26)24(31)18-30(35(33,34)28(4)5)21-14-9-8-10-15-21/h8-16,19,23H,6-7,17-18H2,1-5H3,(H,27,32)/t19-,23+/m1/s1. The van der Waals surface area contributed by atoms with Crippen LogP contribution in [-0.4, -0.2) is 62.2 Å². The van der Waals surface area contributed by atoms with Crippen LogP contribution in [0.1, 0.15) is 39.2 Å². The Balaban J connectivity index is 2.49. The Labute approximate surface area is 214 Å². The van der Waals surface area contributed by atoms with E-state index in [1.165, 1.54) is 19.0 Å². The number of rotatable bonds is 12. The Kier molecular flexibility index (Phi) is 10.5. The molecule has 192 valence electrons. The van der Waals surface area contributed by atoms with Crippen LogP contribution in [-0.2, 0) is 26.3 Å². The molecule has 0 bridgehead atoms. The highest BCUT2D eigenvalue weighted by molar-refractivity contribution is 7.90. The van der Waals surface area contributed by atoms with Gasteiger partial charge in [-0.2, -0.15) is 12.7 Å². The van der Waals surface area contributed by atoms with Gasteiger partial charge in [0.2, 0.25) is 11.8 Å². The monoisotopic (exact) mass is 522 g/mol. The van der Waals surface area contributed by atoms with Crippen LogP contribution in [0.4, 0.5) is 5.69 Å². The van der Waals surface area contributed by atoms with E-state index in [1.807, 2.05) is 20.8 Å². The fourth-order valence-electron chi connectivity index (χ4n) is 3.48. The normalized spacial score (nSPS) is 13.2. The summed E-state index contributed by atoms with van der Waals surface area (Å²) in [6.07, 6.45) is 1.09. The number of halogens is 1. The third-order valence-corrected chi connectivity index (χ3v) is 7.94. The third kappa shape index (κ3) is 7.43. The maximum absolute atomic E-state index is 13.8. The minimum atomic E-state index is -3.98. The molecule has 2 amide bonds. The highest BCUT2D eigenvalue weighted by Crippen LogP contribution is 2.23. The van der Waals surface area contributed by atoms with Crippen molar-refractivity contribution < 1.29 is 18.0 Å². The van der Waals surface area contributed by atoms with E-state index in [0.717, 1.165) is 15.0 Å². The number of anilines is 1. The summed E-state index contributed by atoms with van der Waals surface area (Å²) in [6, 6.07) is 14.6. The first-order chi connectivity index (χ1) is 16.5. The van der Waals surface area contributed by atoms with Crippen molar-refractivity contribution in [2.45, 2.75) is 52.2 Å². The molecule has 0 aliphatic heterocycles. The van der Waals surface area contributed by atoms with E-state index in [4.69, 9.17) is 11.6 Å². The SMILES string of the molecule is CC[C@@H](C)NC(=O)[C@H](CC)N(Cc1ccccc1Cl)C(=O)CN(c1ccccc1)S(=O)(=O)N(C)C. The number of carbonyl (C=O) groups is 2. The van der Waals surface area contributed by atoms with Crippen LogP contribution >= 0.6 is 11.6 Å². The van der Waals surface area contributed by atoms with Gasteiger partial charge in [0.05, 0.1) is 5.69 Å². The average Bonchev–Trinajstić information content (AvgIpc) is 2.83. The second kappa shape index (κ2) is 12.9. The molecule has 0 heterocycles. The van der Waals surface area contributed by atoms with Crippen molar-refractivity contribution in [1.29, 1.82) is 0 Å². The van der Waals surface area contributed by atoms with Crippen molar-refractivity contribution >= 4 is 39.3 Å². The van der Waals surface area contributed by atoms with Gasteiger partial charge in [0, 0.05) is 31.7 Å². The molecular weight excluding hydrogens is 488 g/mol. The molecule has 10 heteroatoms. The number of nitrogens with one attached hydrogen (secondary N) is 1. The lowest BCUT2D eigenvalue weighted by Gasteiger charge is -2.34. The molecule has 0 saturated carbocycles. The second-order valence-electron chi connectivity index (χ2n) is 8.49. The van der Waals surface area contributed by atoms with Crippen LogP contribution < -0.4 is 9.62 Å². The molecule has 0 radical (unpaired) electrons. The summed E-state index contributed by atoms with van der Waals surface area (Å²) in [4.78, 5) is 28.3. The van der Waals surface area contributed by atoms with Crippen molar-refractivity contribution in [2.24, 2.45) is 0 Å². The van der Waals surface area contributed by atoms with Gasteiger partial charge in [-0.1, -0.05) is 61.8 Å². The topological polar surface area (TPSA) is 90.0 Å². The minimum absolute atomic E-state index is 0.0651. The first-order valence-electron chi connectivity index (χ1n) is 11.6. The number of para-hydroxylation sites is 1. The highest BCUT2D eigenvalue weighted by atomic mass is 35.5. The lowest BCUT2D eigenvalue weighted by Crippen LogP contribution is -2.54. The molecule has 1 N–H and O–H groups in total. The van der Waals surface area contributed by atoms with E-state index in [2.05, 4.69) is 5.32 Å². The molecule has 0 aliphatic carbocycles. The van der Waals surface area contributed by atoms with E-state index in [0.29, 0.717) is 22.7 Å². The number of carbonyl (C=O) groups excluding carboxylic acids is 2. The van der Waals surface area contributed by atoms with Gasteiger partial charge >= 0.3 is 10.2 Å². The Morgan fingerprint density at radius 3 is 2.11 bits per heavy atom. The molecule has 0 spiro atoms. The maximum Gasteiger partial charge on any atom is 0.304 e. The first kappa shape index (κ1) is 28.6. The fourth-order valence-corrected chi connectivity index (χ4v) is 4.73. The van der Waals surface area contributed by atoms with Crippen LogP contribution in [0.15, 0.2) is 54.6 Å². The van der Waals surface area contributed by atoms with Crippen molar-refractivity contribution in [3.8, 4) is 0 Å². The molecule has 0 aromatic heterocycles. The smallest absolute Gasteiger partial charge is 0.304 e. The fraction of sp³-hybridized carbons (Fsp3) is 0.440. The molecule has 0 fully saturated rings. The Hall–Kier alpha value is -2.62. The molecule has 2 aromatic rings. The molecular formula is C25H35ClN4O4S. The molecule has 0 saturated heterocycles. The first-order valence-corrected chi connectivity index (χ1v) is 13.4. The largest absolute Gasteiger partial charge is 0.352 e. The predicted octanol–water partition coefficient (Wildman–Crippen LogP) is 3.67. The average molecular weight is 523 g/mol. The van der Waals surface area contributed by atoms with Gasteiger partial charge in [0.15, 0.2) is 0 Å². The molecule has 35 heavy (non-hydrogen) atoms. The Morgan fingerprint density at radius 1 is 0.971 bits per heavy atom. The van der Waals surface area contributed by atoms with Crippen LogP contribution in [0.5, 0.6) is 0 Å². The van der Waals surface area contributed by atoms with Crippen molar-refractivity contribution in [3.63, 3.8) is 0 Å². The summed E-state index contributed by atoms with van der Waals surface area (Å²) >= 11 is 6.37. The Bertz CT molecular complexity index is 1100. The lowest BCUT2D eigenvalue weighted by molar-refractivity contribution is -0.140. The third-order valence-electron chi connectivity index (χ3n) is 5.75. The van der Waals surface area contributed by atoms with Crippen molar-refractivity contribution in [3.05, 3.63) is 65.2 Å². The number of hydrogen-bond acceptors (Lipinski definition) is 4. The maximum atomic E-state index is 13.8. The van der Waals surface area contributed by atoms with Gasteiger partial charge in [-0.15, -0.1) is 0 Å². The summed E-state index contributed by atoms with van der Waals surface area (Å²) < 4.78 is 28.4. The van der Waals surface area contributed by atoms with E-state index < -0.39 is 28.7 Å².